The molecule has 0 amide bonds. The second kappa shape index (κ2) is 7.56. The molecule has 0 saturated carbocycles. The van der Waals surface area contributed by atoms with Crippen molar-refractivity contribution in [1.82, 2.24) is 10.3 Å². The Balaban J connectivity index is 2.19. The third-order valence-corrected chi connectivity index (χ3v) is 3.56. The monoisotopic (exact) mass is 279 g/mol. The average Bonchev–Trinajstić information content (AvgIpc) is 2.56. The Kier molecular flexibility index (Phi) is 5.48. The first-order valence-electron chi connectivity index (χ1n) is 7.47. The maximum atomic E-state index is 8.94. The van der Waals surface area contributed by atoms with Crippen molar-refractivity contribution in [3.05, 3.63) is 53.9 Å². The smallest absolute Gasteiger partial charge is 0.101 e. The van der Waals surface area contributed by atoms with E-state index in [1.165, 1.54) is 5.56 Å². The number of benzene rings is 1. The molecule has 0 aliphatic heterocycles. The van der Waals surface area contributed by atoms with Crippen LogP contribution in [0.1, 0.15) is 43.9 Å². The number of nitrogens with zero attached hydrogens (tertiary/aromatic N) is 2. The van der Waals surface area contributed by atoms with Crippen molar-refractivity contribution in [1.29, 1.82) is 5.26 Å². The first kappa shape index (κ1) is 15.2. The van der Waals surface area contributed by atoms with Gasteiger partial charge in [0.1, 0.15) is 6.07 Å². The van der Waals surface area contributed by atoms with Crippen LogP contribution in [-0.4, -0.2) is 11.5 Å². The number of hydrogen-bond donors (Lipinski definition) is 1. The van der Waals surface area contributed by atoms with Gasteiger partial charge in [0, 0.05) is 24.0 Å². The first-order chi connectivity index (χ1) is 10.3. The number of nitrogens with one attached hydrogen (secondary N) is 1. The molecular weight excluding hydrogens is 258 g/mol. The molecule has 0 fully saturated rings. The van der Waals surface area contributed by atoms with Crippen LogP contribution < -0.4 is 5.32 Å². The Hall–Kier alpha value is -2.18. The number of rotatable bonds is 6. The van der Waals surface area contributed by atoms with Crippen LogP contribution in [0.5, 0.6) is 0 Å². The minimum atomic E-state index is 0.405. The van der Waals surface area contributed by atoms with Crippen molar-refractivity contribution in [3.8, 4) is 17.2 Å². The molecule has 1 aromatic carbocycles. The molecule has 0 radical (unpaired) electrons. The summed E-state index contributed by atoms with van der Waals surface area (Å²) in [5.41, 5.74) is 3.97. The Bertz CT molecular complexity index is 611. The number of pyridine rings is 1. The maximum Gasteiger partial charge on any atom is 0.101 e. The molecule has 1 aromatic heterocycles. The molecule has 0 aliphatic carbocycles. The van der Waals surface area contributed by atoms with Crippen LogP contribution in [0.15, 0.2) is 42.7 Å². The summed E-state index contributed by atoms with van der Waals surface area (Å²) < 4.78 is 0. The highest BCUT2D eigenvalue weighted by atomic mass is 14.9. The van der Waals surface area contributed by atoms with E-state index in [9.17, 15) is 0 Å². The SMILES string of the molecule is CCCNC(CC)c1ccc(-c2cncc(C#N)c2)cc1. The molecule has 0 spiro atoms. The van der Waals surface area contributed by atoms with Gasteiger partial charge < -0.3 is 5.32 Å². The molecule has 0 aliphatic rings. The molecular formula is C18H21N3. The molecule has 108 valence electrons. The van der Waals surface area contributed by atoms with Gasteiger partial charge >= 0.3 is 0 Å². The van der Waals surface area contributed by atoms with E-state index in [1.807, 2.05) is 6.07 Å². The summed E-state index contributed by atoms with van der Waals surface area (Å²) in [7, 11) is 0. The molecule has 2 aromatic rings. The topological polar surface area (TPSA) is 48.7 Å². The van der Waals surface area contributed by atoms with Crippen LogP contribution in [0.25, 0.3) is 11.1 Å². The minimum absolute atomic E-state index is 0.405. The lowest BCUT2D eigenvalue weighted by atomic mass is 9.99. The largest absolute Gasteiger partial charge is 0.310 e. The molecule has 1 unspecified atom stereocenters. The van der Waals surface area contributed by atoms with Gasteiger partial charge in [-0.3, -0.25) is 4.98 Å². The van der Waals surface area contributed by atoms with Crippen LogP contribution in [-0.2, 0) is 0 Å². The van der Waals surface area contributed by atoms with Crippen molar-refractivity contribution in [2.75, 3.05) is 6.54 Å². The highest BCUT2D eigenvalue weighted by molar-refractivity contribution is 5.64. The average molecular weight is 279 g/mol. The zero-order chi connectivity index (χ0) is 15.1. The van der Waals surface area contributed by atoms with Crippen molar-refractivity contribution < 1.29 is 0 Å². The van der Waals surface area contributed by atoms with Gasteiger partial charge in [-0.25, -0.2) is 0 Å². The standard InChI is InChI=1S/C18H21N3/c1-3-9-21-18(4-2)16-7-5-15(6-8-16)17-10-14(11-19)12-20-13-17/h5-8,10,12-13,18,21H,3-4,9H2,1-2H3. The number of nitriles is 1. The quantitative estimate of drug-likeness (QED) is 0.867. The van der Waals surface area contributed by atoms with Gasteiger partial charge in [-0.15, -0.1) is 0 Å². The second-order valence-electron chi connectivity index (χ2n) is 5.11. The summed E-state index contributed by atoms with van der Waals surface area (Å²) in [5.74, 6) is 0. The first-order valence-corrected chi connectivity index (χ1v) is 7.47. The summed E-state index contributed by atoms with van der Waals surface area (Å²) in [6.45, 7) is 5.41. The van der Waals surface area contributed by atoms with E-state index in [1.54, 1.807) is 12.4 Å². The third kappa shape index (κ3) is 3.90. The Morgan fingerprint density at radius 3 is 2.52 bits per heavy atom. The van der Waals surface area contributed by atoms with Gasteiger partial charge in [0.2, 0.25) is 0 Å². The van der Waals surface area contributed by atoms with E-state index in [2.05, 4.69) is 54.5 Å². The lowest BCUT2D eigenvalue weighted by Crippen LogP contribution is -2.21. The van der Waals surface area contributed by atoms with Crippen molar-refractivity contribution in [2.45, 2.75) is 32.7 Å². The van der Waals surface area contributed by atoms with Crippen molar-refractivity contribution in [3.63, 3.8) is 0 Å². The van der Waals surface area contributed by atoms with Crippen molar-refractivity contribution in [2.24, 2.45) is 0 Å². The lowest BCUT2D eigenvalue weighted by molar-refractivity contribution is 0.518. The van der Waals surface area contributed by atoms with E-state index in [0.717, 1.165) is 30.5 Å². The molecule has 0 saturated heterocycles. The summed E-state index contributed by atoms with van der Waals surface area (Å²) in [6.07, 6.45) is 5.59. The predicted molar refractivity (Wildman–Crippen MR) is 85.7 cm³/mol. The van der Waals surface area contributed by atoms with Crippen molar-refractivity contribution >= 4 is 0 Å². The second-order valence-corrected chi connectivity index (χ2v) is 5.11. The molecule has 21 heavy (non-hydrogen) atoms. The summed E-state index contributed by atoms with van der Waals surface area (Å²) in [5, 5.41) is 12.5. The predicted octanol–water partition coefficient (Wildman–Crippen LogP) is 4.07. The lowest BCUT2D eigenvalue weighted by Gasteiger charge is -2.17. The Morgan fingerprint density at radius 2 is 1.90 bits per heavy atom. The van der Waals surface area contributed by atoms with Crippen LogP contribution in [0.4, 0.5) is 0 Å². The molecule has 2 rings (SSSR count). The zero-order valence-corrected chi connectivity index (χ0v) is 12.6. The molecule has 1 N–H and O–H groups in total. The molecule has 1 heterocycles. The number of hydrogen-bond acceptors (Lipinski definition) is 3. The van der Waals surface area contributed by atoms with E-state index in [-0.39, 0.29) is 0 Å². The van der Waals surface area contributed by atoms with Gasteiger partial charge in [0.15, 0.2) is 0 Å². The van der Waals surface area contributed by atoms with E-state index >= 15 is 0 Å². The Labute approximate surface area is 126 Å². The van der Waals surface area contributed by atoms with Crippen LogP contribution in [0, 0.1) is 11.3 Å². The van der Waals surface area contributed by atoms with Crippen LogP contribution >= 0.6 is 0 Å². The fourth-order valence-electron chi connectivity index (χ4n) is 2.38. The van der Waals surface area contributed by atoms with E-state index in [0.29, 0.717) is 11.6 Å². The highest BCUT2D eigenvalue weighted by Gasteiger charge is 2.08. The normalized spacial score (nSPS) is 11.9. The van der Waals surface area contributed by atoms with Gasteiger partial charge in [-0.05, 0) is 36.6 Å². The van der Waals surface area contributed by atoms with Gasteiger partial charge in [0.05, 0.1) is 5.56 Å². The van der Waals surface area contributed by atoms with Crippen LogP contribution in [0.2, 0.25) is 0 Å². The van der Waals surface area contributed by atoms with E-state index in [4.69, 9.17) is 5.26 Å². The molecule has 3 nitrogen and oxygen atoms in total. The fraction of sp³-hybridized carbons (Fsp3) is 0.333. The van der Waals surface area contributed by atoms with Gasteiger partial charge in [-0.2, -0.15) is 5.26 Å². The number of aromatic nitrogens is 1. The highest BCUT2D eigenvalue weighted by Crippen LogP contribution is 2.23. The van der Waals surface area contributed by atoms with Gasteiger partial charge in [0.25, 0.3) is 0 Å². The Morgan fingerprint density at radius 1 is 1.14 bits per heavy atom. The summed E-state index contributed by atoms with van der Waals surface area (Å²) in [6, 6.07) is 12.9. The third-order valence-electron chi connectivity index (χ3n) is 3.56. The summed E-state index contributed by atoms with van der Waals surface area (Å²) >= 11 is 0. The molecule has 3 heteroatoms. The zero-order valence-electron chi connectivity index (χ0n) is 12.6. The van der Waals surface area contributed by atoms with Crippen LogP contribution in [0.3, 0.4) is 0 Å². The van der Waals surface area contributed by atoms with Gasteiger partial charge in [-0.1, -0.05) is 38.1 Å². The fourth-order valence-corrected chi connectivity index (χ4v) is 2.38. The minimum Gasteiger partial charge on any atom is -0.310 e. The maximum absolute atomic E-state index is 8.94. The molecule has 0 bridgehead atoms. The molecule has 1 atom stereocenters. The van der Waals surface area contributed by atoms with E-state index < -0.39 is 0 Å². The summed E-state index contributed by atoms with van der Waals surface area (Å²) in [4.78, 5) is 4.11.